The Hall–Kier alpha value is -3.27. The number of aliphatic hydroxyl groups is 1. The number of amides is 1. The van der Waals surface area contributed by atoms with Crippen molar-refractivity contribution in [2.75, 3.05) is 6.54 Å². The molecule has 1 unspecified atom stereocenters. The molecule has 39 heavy (non-hydrogen) atoms. The summed E-state index contributed by atoms with van der Waals surface area (Å²) in [5, 5.41) is 25.3. The van der Waals surface area contributed by atoms with Gasteiger partial charge in [0.05, 0.1) is 17.4 Å². The van der Waals surface area contributed by atoms with Crippen LogP contribution in [0.2, 0.25) is 0 Å². The maximum absolute atomic E-state index is 12.8. The molecule has 0 aromatic heterocycles. The van der Waals surface area contributed by atoms with E-state index in [0.29, 0.717) is 36.7 Å². The molecule has 10 heteroatoms. The molecule has 1 spiro atoms. The van der Waals surface area contributed by atoms with Crippen LogP contribution in [0.4, 0.5) is 4.79 Å². The number of hydrogen-bond donors (Lipinski definition) is 3. The van der Waals surface area contributed by atoms with Gasteiger partial charge in [-0.1, -0.05) is 13.0 Å². The average molecular weight is 544 g/mol. The van der Waals surface area contributed by atoms with Gasteiger partial charge in [-0.15, -0.1) is 0 Å². The second kappa shape index (κ2) is 9.43. The lowest BCUT2D eigenvalue weighted by Gasteiger charge is -2.61. The van der Waals surface area contributed by atoms with E-state index in [0.717, 1.165) is 17.5 Å². The minimum Gasteiger partial charge on any atom is -0.504 e. The maximum Gasteiger partial charge on any atom is 0.509 e. The summed E-state index contributed by atoms with van der Waals surface area (Å²) in [6, 6.07) is 3.53. The van der Waals surface area contributed by atoms with E-state index >= 15 is 0 Å². The summed E-state index contributed by atoms with van der Waals surface area (Å²) in [4.78, 5) is 36.9. The number of phenolic OH excluding ortho intramolecular Hbond substituents is 1. The van der Waals surface area contributed by atoms with Gasteiger partial charge in [-0.05, 0) is 82.9 Å². The van der Waals surface area contributed by atoms with Gasteiger partial charge in [-0.25, -0.2) is 4.79 Å². The molecule has 0 radical (unpaired) electrons. The first-order valence-electron chi connectivity index (χ1n) is 13.6. The average Bonchev–Trinajstić information content (AvgIpc) is 3.19. The lowest BCUT2D eigenvalue weighted by atomic mass is 9.45. The Bertz CT molecular complexity index is 1230. The molecule has 1 saturated carbocycles. The summed E-state index contributed by atoms with van der Waals surface area (Å²) >= 11 is 0. The predicted octanol–water partition coefficient (Wildman–Crippen LogP) is 3.40. The Morgan fingerprint density at radius 3 is 2.72 bits per heavy atom. The molecule has 1 fully saturated rings. The standard InChI is InChI=1S/C29H37NO9/c1-15-8-11-28-22-17-6-7-19(31)23(22)38-24(28)20(9-12-29(28,35)18(15)14-17)37-21(32)10-13-30-25(33)16(2)36-26(34)39-27(3,4)5/h6-7,9,15-16,18,24,31,35H,8,10-14H2,1-5H3,(H,30,33)/t15?,16-,18-,24-,28-,29+/m0/s1. The first-order chi connectivity index (χ1) is 18.3. The van der Waals surface area contributed by atoms with E-state index in [1.54, 1.807) is 32.9 Å². The van der Waals surface area contributed by atoms with Crippen LogP contribution in [0, 0.1) is 11.8 Å². The van der Waals surface area contributed by atoms with Crippen molar-refractivity contribution in [3.63, 3.8) is 0 Å². The van der Waals surface area contributed by atoms with E-state index < -0.39 is 46.9 Å². The van der Waals surface area contributed by atoms with E-state index in [4.69, 9.17) is 18.9 Å². The second-order valence-corrected chi connectivity index (χ2v) is 12.2. The number of ether oxygens (including phenoxy) is 4. The zero-order valence-corrected chi connectivity index (χ0v) is 23.0. The van der Waals surface area contributed by atoms with Crippen LogP contribution < -0.4 is 10.1 Å². The molecule has 6 atom stereocenters. The molecule has 1 aromatic rings. The number of esters is 1. The normalized spacial score (nSPS) is 30.7. The molecule has 4 aliphatic rings. The maximum atomic E-state index is 12.8. The zero-order chi connectivity index (χ0) is 28.3. The molecule has 1 amide bonds. The van der Waals surface area contributed by atoms with Crippen molar-refractivity contribution in [1.82, 2.24) is 5.32 Å². The summed E-state index contributed by atoms with van der Waals surface area (Å²) in [5.74, 6) is -0.133. The molecular weight excluding hydrogens is 506 g/mol. The topological polar surface area (TPSA) is 141 Å². The fourth-order valence-corrected chi connectivity index (χ4v) is 6.90. The molecule has 5 rings (SSSR count). The highest BCUT2D eigenvalue weighted by molar-refractivity contribution is 5.83. The molecular formula is C29H37NO9. The van der Waals surface area contributed by atoms with Crippen molar-refractivity contribution in [2.45, 2.75) is 95.5 Å². The Morgan fingerprint density at radius 1 is 1.26 bits per heavy atom. The van der Waals surface area contributed by atoms with Gasteiger partial charge in [-0.3, -0.25) is 9.59 Å². The molecule has 1 aliphatic heterocycles. The highest BCUT2D eigenvalue weighted by Crippen LogP contribution is 2.68. The quantitative estimate of drug-likeness (QED) is 0.461. The van der Waals surface area contributed by atoms with Gasteiger partial charge >= 0.3 is 12.1 Å². The zero-order valence-electron chi connectivity index (χ0n) is 23.0. The van der Waals surface area contributed by atoms with Gasteiger partial charge in [0.15, 0.2) is 23.7 Å². The fourth-order valence-electron chi connectivity index (χ4n) is 6.90. The van der Waals surface area contributed by atoms with E-state index in [1.807, 2.05) is 6.07 Å². The number of nitrogens with one attached hydrogen (secondary N) is 1. The van der Waals surface area contributed by atoms with Crippen LogP contribution in [-0.2, 0) is 35.6 Å². The number of hydrogen-bond acceptors (Lipinski definition) is 9. The van der Waals surface area contributed by atoms with E-state index in [9.17, 15) is 24.6 Å². The van der Waals surface area contributed by atoms with Crippen molar-refractivity contribution in [3.05, 3.63) is 35.1 Å². The van der Waals surface area contributed by atoms with Crippen LogP contribution in [0.25, 0.3) is 0 Å². The van der Waals surface area contributed by atoms with E-state index in [2.05, 4.69) is 12.2 Å². The Balaban J connectivity index is 1.25. The molecule has 3 aliphatic carbocycles. The van der Waals surface area contributed by atoms with E-state index in [-0.39, 0.29) is 24.6 Å². The Morgan fingerprint density at radius 2 is 2.00 bits per heavy atom. The fraction of sp³-hybridized carbons (Fsp3) is 0.621. The van der Waals surface area contributed by atoms with Crippen LogP contribution in [0.5, 0.6) is 11.5 Å². The number of benzene rings is 1. The van der Waals surface area contributed by atoms with Crippen LogP contribution in [0.3, 0.4) is 0 Å². The summed E-state index contributed by atoms with van der Waals surface area (Å²) in [7, 11) is 0. The van der Waals surface area contributed by atoms with Crippen molar-refractivity contribution in [1.29, 1.82) is 0 Å². The molecule has 0 saturated heterocycles. The molecule has 2 bridgehead atoms. The highest BCUT2D eigenvalue weighted by atomic mass is 16.7. The monoisotopic (exact) mass is 543 g/mol. The third-order valence-electron chi connectivity index (χ3n) is 8.62. The lowest BCUT2D eigenvalue weighted by Crippen LogP contribution is -2.69. The Kier molecular flexibility index (Phi) is 6.60. The number of carbonyl (C=O) groups excluding carboxylic acids is 3. The van der Waals surface area contributed by atoms with Gasteiger partial charge in [0.25, 0.3) is 5.91 Å². The van der Waals surface area contributed by atoms with Crippen LogP contribution in [-0.4, -0.2) is 58.2 Å². The van der Waals surface area contributed by atoms with Crippen molar-refractivity contribution in [3.8, 4) is 11.5 Å². The minimum atomic E-state index is -1.10. The summed E-state index contributed by atoms with van der Waals surface area (Å²) in [6.45, 7) is 8.60. The molecule has 1 aromatic carbocycles. The highest BCUT2D eigenvalue weighted by Gasteiger charge is 2.71. The van der Waals surface area contributed by atoms with Crippen LogP contribution in [0.1, 0.15) is 71.4 Å². The third kappa shape index (κ3) is 4.42. The van der Waals surface area contributed by atoms with E-state index in [1.165, 1.54) is 6.92 Å². The molecule has 212 valence electrons. The van der Waals surface area contributed by atoms with Gasteiger partial charge in [0, 0.05) is 12.1 Å². The number of aromatic hydroxyl groups is 1. The van der Waals surface area contributed by atoms with Crippen molar-refractivity contribution >= 4 is 18.0 Å². The van der Waals surface area contributed by atoms with Gasteiger partial charge < -0.3 is 34.5 Å². The molecule has 10 nitrogen and oxygen atoms in total. The lowest BCUT2D eigenvalue weighted by molar-refractivity contribution is -0.170. The van der Waals surface area contributed by atoms with Gasteiger partial charge in [0.2, 0.25) is 0 Å². The summed E-state index contributed by atoms with van der Waals surface area (Å²) < 4.78 is 22.1. The number of carbonyl (C=O) groups is 3. The van der Waals surface area contributed by atoms with Crippen molar-refractivity contribution in [2.24, 2.45) is 11.8 Å². The minimum absolute atomic E-state index is 0.00746. The van der Waals surface area contributed by atoms with Gasteiger partial charge in [0.1, 0.15) is 11.4 Å². The number of phenols is 1. The van der Waals surface area contributed by atoms with Crippen molar-refractivity contribution < 1.29 is 43.5 Å². The summed E-state index contributed by atoms with van der Waals surface area (Å²) in [6.07, 6.45) is 1.36. The third-order valence-corrected chi connectivity index (χ3v) is 8.62. The first-order valence-corrected chi connectivity index (χ1v) is 13.6. The predicted molar refractivity (Wildman–Crippen MR) is 138 cm³/mol. The SMILES string of the molecule is CC1CC[C@]23c4c5ccc(O)c4O[C@H]2C(OC(=O)CCNC(=O)[C@H](C)OC(=O)OC(C)(C)C)=CC[C@@]3(O)[C@H]1C5. The van der Waals surface area contributed by atoms with Crippen LogP contribution >= 0.6 is 0 Å². The second-order valence-electron chi connectivity index (χ2n) is 12.2. The molecule has 1 heterocycles. The molecule has 3 N–H and O–H groups in total. The largest absolute Gasteiger partial charge is 0.509 e. The smallest absolute Gasteiger partial charge is 0.504 e. The Labute approximate surface area is 227 Å². The van der Waals surface area contributed by atoms with Gasteiger partial charge in [-0.2, -0.15) is 0 Å². The summed E-state index contributed by atoms with van der Waals surface area (Å²) in [5.41, 5.74) is -0.733. The first kappa shape index (κ1) is 27.3. The van der Waals surface area contributed by atoms with Crippen LogP contribution in [0.15, 0.2) is 24.0 Å². The number of rotatable bonds is 6.